The molecule has 0 unspecified atom stereocenters. The van der Waals surface area contributed by atoms with E-state index in [0.29, 0.717) is 140 Å². The molecule has 9 aliphatic rings. The summed E-state index contributed by atoms with van der Waals surface area (Å²) in [5.74, 6) is 2.86. The molecule has 6 atom stereocenters. The highest BCUT2D eigenvalue weighted by Crippen LogP contribution is 2.42. The first-order valence-corrected chi connectivity index (χ1v) is 44.5. The van der Waals surface area contributed by atoms with Gasteiger partial charge in [0.05, 0.1) is 68.1 Å². The Morgan fingerprint density at radius 1 is 0.465 bits per heavy atom. The molecular formula is C98H112N22O7. The van der Waals surface area contributed by atoms with E-state index in [-0.39, 0.29) is 42.9 Å². The van der Waals surface area contributed by atoms with Gasteiger partial charge in [0.25, 0.3) is 0 Å². The minimum absolute atomic E-state index is 0.135. The van der Waals surface area contributed by atoms with Crippen LogP contribution in [-0.2, 0) is 53.3 Å². The van der Waals surface area contributed by atoms with Gasteiger partial charge in [0, 0.05) is 140 Å². The smallest absolute Gasteiger partial charge is 0.318 e. The molecule has 0 saturated carbocycles. The molecule has 0 radical (unpaired) electrons. The fraction of sp³-hybridized carbons (Fsp3) is 0.439. The predicted molar refractivity (Wildman–Crippen MR) is 494 cm³/mol. The second-order valence-corrected chi connectivity index (χ2v) is 34.3. The molecule has 12 heterocycles. The molecule has 0 aliphatic carbocycles. The summed E-state index contributed by atoms with van der Waals surface area (Å²) in [6.07, 6.45) is 13.0. The normalized spacial score (nSPS) is 20.7. The van der Waals surface area contributed by atoms with Crippen molar-refractivity contribution in [1.82, 2.24) is 59.3 Å². The maximum atomic E-state index is 12.6. The van der Waals surface area contributed by atoms with Crippen LogP contribution in [0.15, 0.2) is 147 Å². The molecule has 9 aromatic rings. The SMILES string of the molecule is C=CC(=O)N1CCN(c2nc(OC[C@@H]3CCCN3C)nc3c2CCN(c2cccc4cccc(C)c24)C3)[C@@H](C#N)C1.[C-]#[N+]C[C@H]1CN(c2nc(OC[C@@H]3CCCN3C)nc3c2CCN(c2cccc4cccc(C#N)c24)C3)CCN1C(=O)C=C.[C-]#[N+]C[C@H]1CN(c2nc(OC[C@@H]3CCCN3C)nc3c2CCN(c2cccc4cccc(OC)c24)C3)CCN1C(=O)C=C. The minimum atomic E-state index is -0.515. The van der Waals surface area contributed by atoms with Crippen LogP contribution >= 0.6 is 0 Å². The molecule has 656 valence electrons. The standard InChI is InChI=1S/C33H36N8O2.C33H39N7O3.C32H37N7O2/c1-4-30(42)41-17-16-40(20-26(41)19-35-2)32-27-13-15-39(29-12-6-9-23-8-5-10-24(18-34)31(23)29)21-28(27)36-33(37-32)43-22-25-11-7-14-38(25)3;1-5-30(41)40-18-17-39(20-25(40)19-34-2)32-26-14-16-38(28-12-6-9-23-10-7-13-29(42-4)31(23)28)21-27(26)35-33(36-32)43-22-24-11-8-15-37(24)3;1-4-29(40)38-16-17-39(25(18-33)19-38)31-26-13-15-37(28-12-6-10-23-9-5-8-22(2)30(23)28)20-27(26)34-32(35-31)41-21-24-11-7-14-36(24)3/h4-6,8-10,12,25-26H,1,7,11,13-17,19-22H2,3H3;5-7,9-10,12-13,24-25H,1,8,11,14-22H2,3-4H3;4-6,8-10,12,24-25H,1,7,11,13-17,19-21H2,2-3H3/t25-,26-;2*24-,25-/m000/s1. The molecule has 9 aliphatic heterocycles. The van der Waals surface area contributed by atoms with E-state index in [0.717, 1.165) is 181 Å². The van der Waals surface area contributed by atoms with Crippen molar-refractivity contribution in [1.29, 1.82) is 10.5 Å². The summed E-state index contributed by atoms with van der Waals surface area (Å²) in [7, 11) is 8.11. The number of likely N-dealkylation sites (tertiary alicyclic amines) is 3. The number of methoxy groups -OCH3 is 1. The first kappa shape index (κ1) is 87.3. The number of rotatable bonds is 21. The number of ether oxygens (including phenoxy) is 4. The van der Waals surface area contributed by atoms with Gasteiger partial charge in [0.1, 0.15) is 61.1 Å². The van der Waals surface area contributed by atoms with Crippen molar-refractivity contribution in [3.05, 3.63) is 215 Å². The first-order chi connectivity index (χ1) is 62.0. The average molecular weight is 1710 g/mol. The van der Waals surface area contributed by atoms with Crippen molar-refractivity contribution in [3.63, 3.8) is 0 Å². The van der Waals surface area contributed by atoms with Crippen LogP contribution in [0, 0.1) is 42.7 Å². The molecule has 6 saturated heterocycles. The van der Waals surface area contributed by atoms with Gasteiger partial charge in [-0.2, -0.15) is 40.4 Å². The Hall–Kier alpha value is -13.2. The van der Waals surface area contributed by atoms with Crippen LogP contribution in [0.5, 0.6) is 23.8 Å². The van der Waals surface area contributed by atoms with Crippen LogP contribution in [0.2, 0.25) is 0 Å². The molecule has 6 aromatic carbocycles. The lowest BCUT2D eigenvalue weighted by Gasteiger charge is -2.41. The third-order valence-electron chi connectivity index (χ3n) is 26.8. The lowest BCUT2D eigenvalue weighted by atomic mass is 9.99. The highest BCUT2D eigenvalue weighted by Gasteiger charge is 2.40. The number of amides is 3. The predicted octanol–water partition coefficient (Wildman–Crippen LogP) is 11.2. The highest BCUT2D eigenvalue weighted by molar-refractivity contribution is 6.01. The number of aromatic nitrogens is 6. The van der Waals surface area contributed by atoms with E-state index in [2.05, 4.69) is 176 Å². The summed E-state index contributed by atoms with van der Waals surface area (Å²) in [6, 6.07) is 43.3. The molecule has 29 heteroatoms. The van der Waals surface area contributed by atoms with E-state index in [4.69, 9.17) is 62.0 Å². The molecule has 29 nitrogen and oxygen atoms in total. The number of hydrogen-bond acceptors (Lipinski definition) is 24. The van der Waals surface area contributed by atoms with Gasteiger partial charge in [-0.05, 0) is 176 Å². The van der Waals surface area contributed by atoms with E-state index in [9.17, 15) is 24.9 Å². The Labute approximate surface area is 743 Å². The van der Waals surface area contributed by atoms with E-state index in [1.165, 1.54) is 46.7 Å². The van der Waals surface area contributed by atoms with Crippen LogP contribution in [0.3, 0.4) is 0 Å². The van der Waals surface area contributed by atoms with Crippen molar-refractivity contribution in [2.24, 2.45) is 0 Å². The average Bonchev–Trinajstić information content (AvgIpc) is 1.58. The second kappa shape index (κ2) is 39.6. The van der Waals surface area contributed by atoms with E-state index in [1.807, 2.05) is 47.4 Å². The quantitative estimate of drug-likeness (QED) is 0.0478. The van der Waals surface area contributed by atoms with Crippen molar-refractivity contribution < 1.29 is 33.3 Å². The van der Waals surface area contributed by atoms with Gasteiger partial charge < -0.3 is 87.4 Å². The van der Waals surface area contributed by atoms with Crippen LogP contribution in [0.25, 0.3) is 42.0 Å². The van der Waals surface area contributed by atoms with Gasteiger partial charge in [-0.15, -0.1) is 0 Å². The van der Waals surface area contributed by atoms with E-state index >= 15 is 0 Å². The maximum Gasteiger partial charge on any atom is 0.318 e. The van der Waals surface area contributed by atoms with Gasteiger partial charge in [0.15, 0.2) is 0 Å². The summed E-state index contributed by atoms with van der Waals surface area (Å²) in [5.41, 5.74) is 11.3. The van der Waals surface area contributed by atoms with Gasteiger partial charge >= 0.3 is 18.0 Å². The number of hydrogen-bond donors (Lipinski definition) is 0. The van der Waals surface area contributed by atoms with Gasteiger partial charge in [-0.1, -0.05) is 98.6 Å². The number of carbonyl (C=O) groups is 3. The van der Waals surface area contributed by atoms with Crippen molar-refractivity contribution in [2.45, 2.75) is 121 Å². The molecule has 127 heavy (non-hydrogen) atoms. The Morgan fingerprint density at radius 3 is 1.30 bits per heavy atom. The monoisotopic (exact) mass is 1710 g/mol. The third kappa shape index (κ3) is 18.7. The van der Waals surface area contributed by atoms with Crippen LogP contribution in [0.1, 0.15) is 83.4 Å². The lowest BCUT2D eigenvalue weighted by molar-refractivity contribution is -0.129. The van der Waals surface area contributed by atoms with Gasteiger partial charge in [0.2, 0.25) is 30.8 Å². The maximum absolute atomic E-state index is 12.6. The fourth-order valence-corrected chi connectivity index (χ4v) is 19.9. The highest BCUT2D eigenvalue weighted by atomic mass is 16.5. The van der Waals surface area contributed by atoms with Crippen LogP contribution < -0.4 is 48.3 Å². The summed E-state index contributed by atoms with van der Waals surface area (Å²) < 4.78 is 24.6. The van der Waals surface area contributed by atoms with Gasteiger partial charge in [-0.25, -0.2) is 13.1 Å². The molecule has 6 fully saturated rings. The number of carbonyl (C=O) groups excluding carboxylic acids is 3. The number of nitrogens with zero attached hydrogens (tertiary/aromatic N) is 22. The minimum Gasteiger partial charge on any atom is -0.496 e. The number of likely N-dealkylation sites (N-methyl/N-ethyl adjacent to an activating group) is 3. The Balaban J connectivity index is 0.000000140. The number of benzene rings is 6. The fourth-order valence-electron chi connectivity index (χ4n) is 19.9. The molecular weight excluding hydrogens is 1600 g/mol. The molecule has 0 bridgehead atoms. The van der Waals surface area contributed by atoms with Crippen molar-refractivity contribution in [3.8, 4) is 35.9 Å². The Kier molecular flexibility index (Phi) is 27.2. The van der Waals surface area contributed by atoms with Crippen LogP contribution in [-0.4, -0.2) is 273 Å². The largest absolute Gasteiger partial charge is 0.496 e. The van der Waals surface area contributed by atoms with Crippen molar-refractivity contribution >= 4 is 84.6 Å². The number of fused-ring (bicyclic) bond motifs is 6. The zero-order valence-electron chi connectivity index (χ0n) is 73.5. The van der Waals surface area contributed by atoms with Crippen molar-refractivity contribution in [2.75, 3.05) is 189 Å². The molecule has 3 aromatic heterocycles. The molecule has 18 rings (SSSR count). The number of nitriles is 2. The summed E-state index contributed by atoms with van der Waals surface area (Å²) >= 11 is 0. The second-order valence-electron chi connectivity index (χ2n) is 34.3. The summed E-state index contributed by atoms with van der Waals surface area (Å²) in [5, 5.41) is 26.7. The number of aryl methyl sites for hydroxylation is 1. The molecule has 0 N–H and O–H groups in total. The third-order valence-corrected chi connectivity index (χ3v) is 26.8. The summed E-state index contributed by atoms with van der Waals surface area (Å²) in [4.78, 5) is 100. The topological polar surface area (TPSA) is 261 Å². The zero-order valence-corrected chi connectivity index (χ0v) is 73.5. The zero-order chi connectivity index (χ0) is 88.4. The Morgan fingerprint density at radius 2 is 0.874 bits per heavy atom. The Bertz CT molecular complexity index is 5790. The number of piperazine rings is 3. The first-order valence-electron chi connectivity index (χ1n) is 44.5. The van der Waals surface area contributed by atoms with Gasteiger partial charge in [-0.3, -0.25) is 14.4 Å². The number of anilines is 6. The van der Waals surface area contributed by atoms with Crippen LogP contribution in [0.4, 0.5) is 34.5 Å². The summed E-state index contributed by atoms with van der Waals surface area (Å²) in [6.45, 7) is 42.1. The lowest BCUT2D eigenvalue weighted by Crippen LogP contribution is -2.56. The van der Waals surface area contributed by atoms with E-state index in [1.54, 1.807) is 21.8 Å². The molecule has 3 amide bonds. The molecule has 0 spiro atoms. The van der Waals surface area contributed by atoms with E-state index < -0.39 is 6.04 Å².